The Bertz CT molecular complexity index is 773. The molecule has 0 N–H and O–H groups in total. The van der Waals surface area contributed by atoms with E-state index in [9.17, 15) is 4.39 Å². The number of likely N-dealkylation sites (N-methyl/N-ethyl adjacent to an activating group) is 1. The fourth-order valence-electron chi connectivity index (χ4n) is 4.55. The summed E-state index contributed by atoms with van der Waals surface area (Å²) >= 11 is 0. The van der Waals surface area contributed by atoms with Crippen LogP contribution >= 0.6 is 0 Å². The molecule has 1 aromatic heterocycles. The molecule has 0 atom stereocenters. The fourth-order valence-corrected chi connectivity index (χ4v) is 4.55. The summed E-state index contributed by atoms with van der Waals surface area (Å²) in [5.41, 5.74) is 1.69. The van der Waals surface area contributed by atoms with Crippen molar-refractivity contribution in [1.29, 1.82) is 0 Å². The van der Waals surface area contributed by atoms with E-state index in [1.165, 1.54) is 44.2 Å². The van der Waals surface area contributed by atoms with Crippen LogP contribution in [-0.4, -0.2) is 65.5 Å². The molecule has 0 unspecified atom stereocenters. The molecule has 2 heterocycles. The zero-order valence-electron chi connectivity index (χ0n) is 16.5. The third-order valence-electron chi connectivity index (χ3n) is 6.03. The van der Waals surface area contributed by atoms with Crippen molar-refractivity contribution >= 4 is 5.95 Å². The van der Waals surface area contributed by atoms with Crippen LogP contribution in [0.5, 0.6) is 0 Å². The van der Waals surface area contributed by atoms with Crippen molar-refractivity contribution in [3.05, 3.63) is 36.3 Å². The van der Waals surface area contributed by atoms with Crippen LogP contribution in [0.3, 0.4) is 0 Å². The van der Waals surface area contributed by atoms with Gasteiger partial charge in [0, 0.05) is 37.8 Å². The fraction of sp³-hybridized carbons (Fsp3) is 0.571. The average Bonchev–Trinajstić information content (AvgIpc) is 2.76. The van der Waals surface area contributed by atoms with Gasteiger partial charge in [-0.3, -0.25) is 4.90 Å². The third-order valence-corrected chi connectivity index (χ3v) is 6.03. The zero-order chi connectivity index (χ0) is 19.4. The van der Waals surface area contributed by atoms with E-state index in [1.807, 2.05) is 7.05 Å². The Morgan fingerprint density at radius 1 is 1.11 bits per heavy atom. The number of benzene rings is 1. The number of hydrogen-bond donors (Lipinski definition) is 0. The molecule has 150 valence electrons. The number of hydrogen-bond acceptors (Lipinski definition) is 6. The first kappa shape index (κ1) is 19.2. The molecule has 2 aromatic rings. The molecule has 2 aliphatic rings. The van der Waals surface area contributed by atoms with Crippen molar-refractivity contribution < 1.29 is 9.13 Å². The number of halogens is 1. The highest BCUT2D eigenvalue weighted by Gasteiger charge is 2.40. The largest absolute Gasteiger partial charge is 0.379 e. The van der Waals surface area contributed by atoms with Crippen molar-refractivity contribution in [3.63, 3.8) is 0 Å². The van der Waals surface area contributed by atoms with Crippen LogP contribution in [0, 0.1) is 5.82 Å². The summed E-state index contributed by atoms with van der Waals surface area (Å²) < 4.78 is 18.8. The number of morpholine rings is 1. The molecule has 28 heavy (non-hydrogen) atoms. The molecule has 4 rings (SSSR count). The van der Waals surface area contributed by atoms with E-state index in [1.54, 1.807) is 18.3 Å². The van der Waals surface area contributed by atoms with Crippen molar-refractivity contribution in [1.82, 2.24) is 20.1 Å². The van der Waals surface area contributed by atoms with E-state index >= 15 is 0 Å². The predicted molar refractivity (Wildman–Crippen MR) is 107 cm³/mol. The molecule has 2 fully saturated rings. The van der Waals surface area contributed by atoms with Gasteiger partial charge in [-0.2, -0.15) is 5.10 Å². The standard InChI is InChI=1S/C21H28FN5O/c1-26(16-21(9-3-2-4-10-21)27-11-13-28-14-12-27)20-24-19(15-23-25-20)17-5-7-18(22)8-6-17/h5-8,15H,2-4,9-14,16H2,1H3. The Morgan fingerprint density at radius 3 is 2.54 bits per heavy atom. The van der Waals surface area contributed by atoms with Crippen LogP contribution in [0.15, 0.2) is 30.5 Å². The van der Waals surface area contributed by atoms with Crippen LogP contribution in [0.2, 0.25) is 0 Å². The molecule has 1 aliphatic heterocycles. The van der Waals surface area contributed by atoms with Gasteiger partial charge >= 0.3 is 0 Å². The number of anilines is 1. The summed E-state index contributed by atoms with van der Waals surface area (Å²) in [6.07, 6.45) is 7.86. The second-order valence-electron chi connectivity index (χ2n) is 7.89. The Balaban J connectivity index is 1.55. The van der Waals surface area contributed by atoms with Gasteiger partial charge in [0.05, 0.1) is 25.1 Å². The summed E-state index contributed by atoms with van der Waals surface area (Å²) in [5.74, 6) is 0.355. The molecular formula is C21H28FN5O. The highest BCUT2D eigenvalue weighted by molar-refractivity contribution is 5.59. The van der Waals surface area contributed by atoms with Gasteiger partial charge < -0.3 is 9.64 Å². The van der Waals surface area contributed by atoms with E-state index < -0.39 is 0 Å². The molecule has 1 aromatic carbocycles. The number of ether oxygens (including phenoxy) is 1. The Labute approximate surface area is 165 Å². The van der Waals surface area contributed by atoms with Crippen molar-refractivity contribution in [2.75, 3.05) is 44.8 Å². The van der Waals surface area contributed by atoms with E-state index in [0.717, 1.165) is 38.4 Å². The first-order valence-electron chi connectivity index (χ1n) is 10.2. The summed E-state index contributed by atoms with van der Waals surface area (Å²) in [7, 11) is 2.04. The predicted octanol–water partition coefficient (Wildman–Crippen LogP) is 3.15. The maximum absolute atomic E-state index is 13.2. The van der Waals surface area contributed by atoms with E-state index in [4.69, 9.17) is 9.72 Å². The smallest absolute Gasteiger partial charge is 0.245 e. The molecule has 0 bridgehead atoms. The first-order valence-corrected chi connectivity index (χ1v) is 10.2. The quantitative estimate of drug-likeness (QED) is 0.788. The van der Waals surface area contributed by atoms with Gasteiger partial charge in [-0.25, -0.2) is 9.37 Å². The van der Waals surface area contributed by atoms with Gasteiger partial charge in [0.15, 0.2) is 0 Å². The summed E-state index contributed by atoms with van der Waals surface area (Å²) in [5, 5.41) is 8.42. The van der Waals surface area contributed by atoms with Crippen LogP contribution in [0.25, 0.3) is 11.3 Å². The molecule has 0 radical (unpaired) electrons. The summed E-state index contributed by atoms with van der Waals surface area (Å²) in [6, 6.07) is 6.32. The van der Waals surface area contributed by atoms with Crippen LogP contribution in [0.1, 0.15) is 32.1 Å². The second kappa shape index (κ2) is 8.49. The zero-order valence-corrected chi connectivity index (χ0v) is 16.5. The van der Waals surface area contributed by atoms with Gasteiger partial charge in [-0.05, 0) is 37.1 Å². The minimum absolute atomic E-state index is 0.145. The van der Waals surface area contributed by atoms with Gasteiger partial charge in [0.25, 0.3) is 0 Å². The Hall–Kier alpha value is -2.12. The van der Waals surface area contributed by atoms with Gasteiger partial charge in [0.1, 0.15) is 5.82 Å². The van der Waals surface area contributed by atoms with Gasteiger partial charge in [-0.1, -0.05) is 19.3 Å². The highest BCUT2D eigenvalue weighted by atomic mass is 19.1. The van der Waals surface area contributed by atoms with E-state index in [0.29, 0.717) is 11.6 Å². The molecule has 0 amide bonds. The highest BCUT2D eigenvalue weighted by Crippen LogP contribution is 2.35. The lowest BCUT2D eigenvalue weighted by molar-refractivity contribution is -0.0339. The Morgan fingerprint density at radius 2 is 1.82 bits per heavy atom. The maximum Gasteiger partial charge on any atom is 0.245 e. The second-order valence-corrected chi connectivity index (χ2v) is 7.89. The molecule has 0 spiro atoms. The summed E-state index contributed by atoms with van der Waals surface area (Å²) in [4.78, 5) is 9.44. The molecule has 1 aliphatic carbocycles. The third kappa shape index (κ3) is 4.15. The average molecular weight is 385 g/mol. The van der Waals surface area contributed by atoms with Crippen LogP contribution in [0.4, 0.5) is 10.3 Å². The van der Waals surface area contributed by atoms with Crippen LogP contribution < -0.4 is 4.90 Å². The Kier molecular flexibility index (Phi) is 5.82. The number of rotatable bonds is 5. The monoisotopic (exact) mass is 385 g/mol. The molecule has 1 saturated carbocycles. The van der Waals surface area contributed by atoms with Crippen molar-refractivity contribution in [3.8, 4) is 11.3 Å². The molecule has 6 nitrogen and oxygen atoms in total. The SMILES string of the molecule is CN(CC1(N2CCOCC2)CCCCC1)c1nncc(-c2ccc(F)cc2)n1. The molecule has 1 saturated heterocycles. The lowest BCUT2D eigenvalue weighted by Crippen LogP contribution is -2.59. The van der Waals surface area contributed by atoms with Crippen molar-refractivity contribution in [2.45, 2.75) is 37.6 Å². The molecular weight excluding hydrogens is 357 g/mol. The van der Waals surface area contributed by atoms with E-state index in [-0.39, 0.29) is 11.4 Å². The topological polar surface area (TPSA) is 54.4 Å². The lowest BCUT2D eigenvalue weighted by atomic mass is 9.79. The van der Waals surface area contributed by atoms with E-state index in [2.05, 4.69) is 20.0 Å². The minimum Gasteiger partial charge on any atom is -0.379 e. The summed E-state index contributed by atoms with van der Waals surface area (Å²) in [6.45, 7) is 4.47. The molecule has 7 heteroatoms. The number of aromatic nitrogens is 3. The van der Waals surface area contributed by atoms with Gasteiger partial charge in [-0.15, -0.1) is 5.10 Å². The first-order chi connectivity index (χ1) is 13.7. The normalized spacial score (nSPS) is 20.1. The van der Waals surface area contributed by atoms with Crippen LogP contribution in [-0.2, 0) is 4.74 Å². The maximum atomic E-state index is 13.2. The lowest BCUT2D eigenvalue weighted by Gasteiger charge is -2.49. The number of nitrogens with zero attached hydrogens (tertiary/aromatic N) is 5. The van der Waals surface area contributed by atoms with Gasteiger partial charge in [0.2, 0.25) is 5.95 Å². The van der Waals surface area contributed by atoms with Crippen molar-refractivity contribution in [2.24, 2.45) is 0 Å². The minimum atomic E-state index is -0.257.